The molecule has 2 rings (SSSR count). The Morgan fingerprint density at radius 3 is 2.35 bits per heavy atom. The van der Waals surface area contributed by atoms with Crippen molar-refractivity contribution < 1.29 is 5.11 Å². The Bertz CT molecular complexity index is 509. The smallest absolute Gasteiger partial charge is 0.133 e. The number of nitrogens with one attached hydrogen (secondary N) is 1. The van der Waals surface area contributed by atoms with Gasteiger partial charge in [-0.2, -0.15) is 0 Å². The van der Waals surface area contributed by atoms with Crippen LogP contribution in [0.5, 0.6) is 0 Å². The van der Waals surface area contributed by atoms with E-state index in [2.05, 4.69) is 29.1 Å². The molecule has 4 nitrogen and oxygen atoms in total. The molecular weight excluding hydrogens is 250 g/mol. The first kappa shape index (κ1) is 14.5. The van der Waals surface area contributed by atoms with E-state index in [1.807, 2.05) is 30.3 Å². The zero-order valence-corrected chi connectivity index (χ0v) is 12.0. The number of rotatable bonds is 6. The van der Waals surface area contributed by atoms with Crippen LogP contribution in [0.4, 0.5) is 11.5 Å². The fourth-order valence-corrected chi connectivity index (χ4v) is 2.28. The average molecular weight is 271 g/mol. The molecule has 0 aliphatic heterocycles. The number of benzene rings is 1. The van der Waals surface area contributed by atoms with E-state index in [1.54, 1.807) is 6.20 Å². The molecule has 0 bridgehead atoms. The topological polar surface area (TPSA) is 58.0 Å². The van der Waals surface area contributed by atoms with E-state index in [0.717, 1.165) is 29.9 Å². The second kappa shape index (κ2) is 7.01. The molecule has 0 amide bonds. The van der Waals surface area contributed by atoms with Crippen molar-refractivity contribution in [3.63, 3.8) is 0 Å². The summed E-state index contributed by atoms with van der Waals surface area (Å²) in [6, 6.07) is 9.66. The molecular formula is C16H21N3O. The molecule has 20 heavy (non-hydrogen) atoms. The van der Waals surface area contributed by atoms with Gasteiger partial charge in [-0.05, 0) is 29.7 Å². The minimum atomic E-state index is -0.391. The van der Waals surface area contributed by atoms with Crippen LogP contribution in [0.15, 0.2) is 42.9 Å². The molecule has 0 saturated heterocycles. The van der Waals surface area contributed by atoms with E-state index in [1.165, 1.54) is 6.33 Å². The van der Waals surface area contributed by atoms with Crippen molar-refractivity contribution in [1.29, 1.82) is 0 Å². The maximum Gasteiger partial charge on any atom is 0.133 e. The van der Waals surface area contributed by atoms with Gasteiger partial charge in [0.15, 0.2) is 0 Å². The molecule has 0 saturated carbocycles. The van der Waals surface area contributed by atoms with Crippen molar-refractivity contribution in [3.05, 3.63) is 48.4 Å². The predicted octanol–water partition coefficient (Wildman–Crippen LogP) is 3.69. The maximum absolute atomic E-state index is 10.3. The summed E-state index contributed by atoms with van der Waals surface area (Å²) in [6.07, 6.45) is 4.78. The van der Waals surface area contributed by atoms with Gasteiger partial charge in [0.2, 0.25) is 0 Å². The Labute approximate surface area is 119 Å². The number of nitrogens with zero attached hydrogens (tertiary/aromatic N) is 2. The van der Waals surface area contributed by atoms with Crippen molar-refractivity contribution >= 4 is 11.5 Å². The molecule has 1 unspecified atom stereocenters. The number of aliphatic hydroxyl groups excluding tert-OH is 1. The van der Waals surface area contributed by atoms with Crippen molar-refractivity contribution in [2.24, 2.45) is 5.92 Å². The summed E-state index contributed by atoms with van der Waals surface area (Å²) in [6.45, 7) is 4.23. The molecule has 0 fully saturated rings. The lowest BCUT2D eigenvalue weighted by atomic mass is 9.91. The van der Waals surface area contributed by atoms with Crippen LogP contribution in [-0.2, 0) is 0 Å². The lowest BCUT2D eigenvalue weighted by Crippen LogP contribution is -2.10. The SMILES string of the molecule is CCC(CC)C(O)c1ccc(Nc2ccncn2)cc1. The third kappa shape index (κ3) is 3.54. The molecule has 4 heteroatoms. The van der Waals surface area contributed by atoms with Crippen LogP contribution in [-0.4, -0.2) is 15.1 Å². The number of aromatic nitrogens is 2. The highest BCUT2D eigenvalue weighted by atomic mass is 16.3. The summed E-state index contributed by atoms with van der Waals surface area (Å²) in [7, 11) is 0. The van der Waals surface area contributed by atoms with Gasteiger partial charge in [0.25, 0.3) is 0 Å². The number of anilines is 2. The quantitative estimate of drug-likeness (QED) is 0.841. The Morgan fingerprint density at radius 2 is 1.80 bits per heavy atom. The first-order chi connectivity index (χ1) is 9.74. The molecule has 1 aromatic heterocycles. The third-order valence-corrected chi connectivity index (χ3v) is 3.60. The molecule has 0 radical (unpaired) electrons. The average Bonchev–Trinajstić information content (AvgIpc) is 2.50. The van der Waals surface area contributed by atoms with E-state index in [9.17, 15) is 5.11 Å². The Balaban J connectivity index is 2.06. The van der Waals surface area contributed by atoms with Gasteiger partial charge in [0.05, 0.1) is 6.10 Å². The van der Waals surface area contributed by atoms with E-state index in [0.29, 0.717) is 5.92 Å². The Morgan fingerprint density at radius 1 is 1.10 bits per heavy atom. The van der Waals surface area contributed by atoms with Gasteiger partial charge in [-0.15, -0.1) is 0 Å². The molecule has 106 valence electrons. The minimum Gasteiger partial charge on any atom is -0.388 e. The molecule has 1 atom stereocenters. The normalized spacial score (nSPS) is 12.4. The van der Waals surface area contributed by atoms with Crippen LogP contribution in [0.1, 0.15) is 38.4 Å². The van der Waals surface area contributed by atoms with Crippen LogP contribution in [0, 0.1) is 5.92 Å². The molecule has 2 aromatic rings. The zero-order chi connectivity index (χ0) is 14.4. The van der Waals surface area contributed by atoms with Gasteiger partial charge in [-0.1, -0.05) is 38.8 Å². The van der Waals surface area contributed by atoms with E-state index < -0.39 is 6.10 Å². The lowest BCUT2D eigenvalue weighted by Gasteiger charge is -2.20. The van der Waals surface area contributed by atoms with Crippen LogP contribution in [0.25, 0.3) is 0 Å². The summed E-state index contributed by atoms with van der Waals surface area (Å²) < 4.78 is 0. The van der Waals surface area contributed by atoms with E-state index >= 15 is 0 Å². The summed E-state index contributed by atoms with van der Waals surface area (Å²) in [5.41, 5.74) is 1.91. The fraction of sp³-hybridized carbons (Fsp3) is 0.375. The monoisotopic (exact) mass is 271 g/mol. The molecule has 1 aromatic carbocycles. The van der Waals surface area contributed by atoms with Gasteiger partial charge in [-0.25, -0.2) is 9.97 Å². The Hall–Kier alpha value is -1.94. The van der Waals surface area contributed by atoms with Gasteiger partial charge < -0.3 is 10.4 Å². The number of aliphatic hydroxyl groups is 1. The summed E-state index contributed by atoms with van der Waals surface area (Å²) in [5, 5.41) is 13.5. The van der Waals surface area contributed by atoms with Crippen molar-refractivity contribution in [2.45, 2.75) is 32.8 Å². The fourth-order valence-electron chi connectivity index (χ4n) is 2.28. The van der Waals surface area contributed by atoms with Crippen molar-refractivity contribution in [3.8, 4) is 0 Å². The zero-order valence-electron chi connectivity index (χ0n) is 12.0. The molecule has 0 spiro atoms. The summed E-state index contributed by atoms with van der Waals surface area (Å²) >= 11 is 0. The number of hydrogen-bond donors (Lipinski definition) is 2. The molecule has 0 aliphatic rings. The van der Waals surface area contributed by atoms with Gasteiger partial charge in [-0.3, -0.25) is 0 Å². The van der Waals surface area contributed by atoms with Gasteiger partial charge in [0, 0.05) is 11.9 Å². The molecule has 0 aliphatic carbocycles. The number of hydrogen-bond acceptors (Lipinski definition) is 4. The lowest BCUT2D eigenvalue weighted by molar-refractivity contribution is 0.103. The highest BCUT2D eigenvalue weighted by molar-refractivity contribution is 5.55. The first-order valence-corrected chi connectivity index (χ1v) is 7.05. The maximum atomic E-state index is 10.3. The van der Waals surface area contributed by atoms with Crippen LogP contribution >= 0.6 is 0 Å². The van der Waals surface area contributed by atoms with Gasteiger partial charge >= 0.3 is 0 Å². The highest BCUT2D eigenvalue weighted by Crippen LogP contribution is 2.28. The van der Waals surface area contributed by atoms with E-state index in [4.69, 9.17) is 0 Å². The Kier molecular flexibility index (Phi) is 5.07. The second-order valence-electron chi connectivity index (χ2n) is 4.86. The van der Waals surface area contributed by atoms with E-state index in [-0.39, 0.29) is 0 Å². The summed E-state index contributed by atoms with van der Waals surface area (Å²) in [5.74, 6) is 1.07. The van der Waals surface area contributed by atoms with Crippen molar-refractivity contribution in [2.75, 3.05) is 5.32 Å². The summed E-state index contributed by atoms with van der Waals surface area (Å²) in [4.78, 5) is 7.99. The molecule has 2 N–H and O–H groups in total. The van der Waals surface area contributed by atoms with Gasteiger partial charge in [0.1, 0.15) is 12.1 Å². The second-order valence-corrected chi connectivity index (χ2v) is 4.86. The van der Waals surface area contributed by atoms with Crippen molar-refractivity contribution in [1.82, 2.24) is 9.97 Å². The third-order valence-electron chi connectivity index (χ3n) is 3.60. The van der Waals surface area contributed by atoms with Crippen LogP contribution in [0.3, 0.4) is 0 Å². The standard InChI is InChI=1S/C16H21N3O/c1-3-12(4-2)16(20)13-5-7-14(8-6-13)19-15-9-10-17-11-18-15/h5-12,16,20H,3-4H2,1-2H3,(H,17,18,19). The molecule has 1 heterocycles. The first-order valence-electron chi connectivity index (χ1n) is 7.05. The highest BCUT2D eigenvalue weighted by Gasteiger charge is 2.17. The van der Waals surface area contributed by atoms with Crippen LogP contribution < -0.4 is 5.32 Å². The predicted molar refractivity (Wildman–Crippen MR) is 80.8 cm³/mol. The minimum absolute atomic E-state index is 0.315. The van der Waals surface area contributed by atoms with Crippen LogP contribution in [0.2, 0.25) is 0 Å². The largest absolute Gasteiger partial charge is 0.388 e.